The van der Waals surface area contributed by atoms with Crippen molar-refractivity contribution in [2.24, 2.45) is 17.3 Å². The largest absolute Gasteiger partial charge is 0.449 e. The molecule has 9 nitrogen and oxygen atoms in total. The van der Waals surface area contributed by atoms with E-state index in [2.05, 4.69) is 20.8 Å². The predicted octanol–water partition coefficient (Wildman–Crippen LogP) is 2.35. The highest BCUT2D eigenvalue weighted by molar-refractivity contribution is 6.37. The van der Waals surface area contributed by atoms with Crippen LogP contribution in [-0.2, 0) is 32.0 Å². The Morgan fingerprint density at radius 1 is 1.25 bits per heavy atom. The molecule has 0 saturated carbocycles. The fraction of sp³-hybridized carbons (Fsp3) is 0.696. The Hall–Kier alpha value is -2.71. The maximum atomic E-state index is 13.1. The summed E-state index contributed by atoms with van der Waals surface area (Å²) >= 11 is 0. The van der Waals surface area contributed by atoms with E-state index in [-0.39, 0.29) is 30.1 Å². The van der Waals surface area contributed by atoms with Crippen LogP contribution in [0, 0.1) is 17.3 Å². The highest BCUT2D eigenvalue weighted by Crippen LogP contribution is 2.21. The van der Waals surface area contributed by atoms with Gasteiger partial charge < -0.3 is 15.4 Å². The summed E-state index contributed by atoms with van der Waals surface area (Å²) < 4.78 is 5.23. The van der Waals surface area contributed by atoms with E-state index in [1.54, 1.807) is 6.20 Å². The van der Waals surface area contributed by atoms with Gasteiger partial charge in [0, 0.05) is 24.6 Å². The van der Waals surface area contributed by atoms with Gasteiger partial charge in [-0.3, -0.25) is 19.5 Å². The number of rotatable bonds is 6. The highest BCUT2D eigenvalue weighted by Gasteiger charge is 2.32. The molecule has 1 aliphatic heterocycles. The van der Waals surface area contributed by atoms with Crippen molar-refractivity contribution in [2.45, 2.75) is 72.8 Å². The lowest BCUT2D eigenvalue weighted by atomic mass is 9.86. The van der Waals surface area contributed by atoms with Crippen molar-refractivity contribution in [1.82, 2.24) is 20.8 Å². The minimum atomic E-state index is -0.805. The fourth-order valence-electron chi connectivity index (χ4n) is 3.60. The van der Waals surface area contributed by atoms with Gasteiger partial charge in [-0.25, -0.2) is 4.79 Å². The summed E-state index contributed by atoms with van der Waals surface area (Å²) in [6, 6.07) is -0.805. The number of alkyl carbamates (subject to hydrolysis) is 1. The van der Waals surface area contributed by atoms with Crippen molar-refractivity contribution in [1.29, 1.82) is 0 Å². The van der Waals surface area contributed by atoms with Gasteiger partial charge in [0.1, 0.15) is 0 Å². The summed E-state index contributed by atoms with van der Waals surface area (Å²) in [5.41, 5.74) is 1.78. The second kappa shape index (κ2) is 11.2. The van der Waals surface area contributed by atoms with Crippen molar-refractivity contribution in [3.8, 4) is 0 Å². The van der Waals surface area contributed by atoms with E-state index >= 15 is 0 Å². The predicted molar refractivity (Wildman–Crippen MR) is 119 cm³/mol. The first kappa shape index (κ1) is 25.5. The number of amides is 2. The molecule has 9 heteroatoms. The molecule has 178 valence electrons. The Morgan fingerprint density at radius 2 is 1.97 bits per heavy atom. The summed E-state index contributed by atoms with van der Waals surface area (Å²) in [4.78, 5) is 50.4. The molecule has 0 bridgehead atoms. The molecule has 0 fully saturated rings. The molecule has 2 unspecified atom stereocenters. The number of Topliss-reactive ketones (excluding diaryl/α,β-unsaturated/α-hetero) is 2. The van der Waals surface area contributed by atoms with Crippen molar-refractivity contribution < 1.29 is 23.9 Å². The van der Waals surface area contributed by atoms with Gasteiger partial charge in [-0.2, -0.15) is 5.10 Å². The van der Waals surface area contributed by atoms with Crippen LogP contribution in [0.15, 0.2) is 6.20 Å². The number of fused-ring (bicyclic) bond motifs is 1. The number of nitrogens with one attached hydrogen (secondary N) is 3. The molecule has 0 aliphatic carbocycles. The third-order valence-electron chi connectivity index (χ3n) is 5.42. The first-order valence-electron chi connectivity index (χ1n) is 11.3. The van der Waals surface area contributed by atoms with Gasteiger partial charge in [0.15, 0.2) is 5.78 Å². The molecule has 2 rings (SSSR count). The molecule has 1 aromatic heterocycles. The molecule has 32 heavy (non-hydrogen) atoms. The maximum absolute atomic E-state index is 13.1. The van der Waals surface area contributed by atoms with E-state index in [0.717, 1.165) is 17.7 Å². The fourth-order valence-corrected chi connectivity index (χ4v) is 3.60. The Bertz CT molecular complexity index is 825. The van der Waals surface area contributed by atoms with E-state index in [4.69, 9.17) is 4.74 Å². The molecular formula is C23H36N4O5. The number of aromatic nitrogens is 2. The first-order chi connectivity index (χ1) is 15.0. The number of ether oxygens (including phenoxy) is 1. The number of hydrogen-bond acceptors (Lipinski definition) is 6. The van der Waals surface area contributed by atoms with Gasteiger partial charge in [-0.15, -0.1) is 0 Å². The summed E-state index contributed by atoms with van der Waals surface area (Å²) in [5.74, 6) is -2.51. The molecule has 0 aromatic carbocycles. The summed E-state index contributed by atoms with van der Waals surface area (Å²) in [5, 5.41) is 12.3. The van der Waals surface area contributed by atoms with Crippen LogP contribution in [0.25, 0.3) is 0 Å². The number of carbonyl (C=O) groups is 4. The second-order valence-corrected chi connectivity index (χ2v) is 10.0. The van der Waals surface area contributed by atoms with Gasteiger partial charge >= 0.3 is 6.09 Å². The molecular weight excluding hydrogens is 412 g/mol. The number of H-pyrrole nitrogens is 1. The third-order valence-corrected chi connectivity index (χ3v) is 5.42. The summed E-state index contributed by atoms with van der Waals surface area (Å²) in [7, 11) is 0. The molecule has 2 heterocycles. The van der Waals surface area contributed by atoms with Crippen molar-refractivity contribution >= 4 is 23.6 Å². The third kappa shape index (κ3) is 7.76. The summed E-state index contributed by atoms with van der Waals surface area (Å²) in [6.07, 6.45) is 3.25. The smallest absolute Gasteiger partial charge is 0.407 e. The quantitative estimate of drug-likeness (QED) is 0.573. The lowest BCUT2D eigenvalue weighted by molar-refractivity contribution is -0.141. The average molecular weight is 449 g/mol. The molecule has 0 saturated heterocycles. The van der Waals surface area contributed by atoms with Crippen LogP contribution >= 0.6 is 0 Å². The minimum absolute atomic E-state index is 0.123. The van der Waals surface area contributed by atoms with Crippen molar-refractivity contribution in [3.05, 3.63) is 17.5 Å². The summed E-state index contributed by atoms with van der Waals surface area (Å²) in [6.45, 7) is 10.0. The highest BCUT2D eigenvalue weighted by atomic mass is 16.5. The SMILES string of the molecule is CC(C)C(NC(=O)OCC(C)(C)C)C(=O)CC1CCc2cn[nH]c2CCCNC(=O)C1=O. The van der Waals surface area contributed by atoms with E-state index in [0.29, 0.717) is 25.8 Å². The Labute approximate surface area is 189 Å². The normalized spacial score (nSPS) is 18.9. The van der Waals surface area contributed by atoms with Crippen LogP contribution in [0.1, 0.15) is 65.1 Å². The standard InChI is InChI=1S/C23H36N4O5/c1-14(2)19(26-22(31)32-13-23(3,4)5)18(28)11-15-8-9-16-12-25-27-17(16)7-6-10-24-21(30)20(15)29/h12,14-15,19H,6-11,13H2,1-5H3,(H,24,30)(H,25,27)(H,26,31). The molecule has 2 amide bonds. The zero-order valence-electron chi connectivity index (χ0n) is 19.7. The molecule has 3 N–H and O–H groups in total. The molecule has 1 aliphatic rings. The van der Waals surface area contributed by atoms with Gasteiger partial charge in [-0.1, -0.05) is 34.6 Å². The Kier molecular flexibility index (Phi) is 8.98. The number of nitrogens with zero attached hydrogens (tertiary/aromatic N) is 1. The number of carbonyl (C=O) groups excluding carboxylic acids is 4. The van der Waals surface area contributed by atoms with Gasteiger partial charge in [0.05, 0.1) is 18.8 Å². The number of ketones is 2. The van der Waals surface area contributed by atoms with E-state index in [9.17, 15) is 19.2 Å². The van der Waals surface area contributed by atoms with Crippen LogP contribution in [0.3, 0.4) is 0 Å². The van der Waals surface area contributed by atoms with E-state index < -0.39 is 29.7 Å². The topological polar surface area (TPSA) is 130 Å². The first-order valence-corrected chi connectivity index (χ1v) is 11.3. The monoisotopic (exact) mass is 448 g/mol. The Morgan fingerprint density at radius 3 is 2.62 bits per heavy atom. The Balaban J connectivity index is 2.10. The lowest BCUT2D eigenvalue weighted by Crippen LogP contribution is -2.46. The van der Waals surface area contributed by atoms with Crippen LogP contribution in [0.2, 0.25) is 0 Å². The second-order valence-electron chi connectivity index (χ2n) is 10.0. The maximum Gasteiger partial charge on any atom is 0.407 e. The van der Waals surface area contributed by atoms with Crippen molar-refractivity contribution in [2.75, 3.05) is 13.2 Å². The molecule has 2 atom stereocenters. The van der Waals surface area contributed by atoms with Crippen LogP contribution in [0.5, 0.6) is 0 Å². The zero-order chi connectivity index (χ0) is 23.9. The average Bonchev–Trinajstić information content (AvgIpc) is 3.15. The van der Waals surface area contributed by atoms with E-state index in [1.807, 2.05) is 34.6 Å². The van der Waals surface area contributed by atoms with Gasteiger partial charge in [0.2, 0.25) is 5.78 Å². The van der Waals surface area contributed by atoms with Crippen molar-refractivity contribution in [3.63, 3.8) is 0 Å². The van der Waals surface area contributed by atoms with Crippen LogP contribution < -0.4 is 10.6 Å². The van der Waals surface area contributed by atoms with E-state index in [1.165, 1.54) is 0 Å². The molecule has 0 spiro atoms. The van der Waals surface area contributed by atoms with Crippen LogP contribution in [0.4, 0.5) is 4.79 Å². The number of hydrogen-bond donors (Lipinski definition) is 3. The molecule has 0 radical (unpaired) electrons. The van der Waals surface area contributed by atoms with Gasteiger partial charge in [-0.05, 0) is 42.6 Å². The number of aromatic amines is 1. The zero-order valence-corrected chi connectivity index (χ0v) is 19.7. The van der Waals surface area contributed by atoms with Crippen LogP contribution in [-0.4, -0.2) is 53.0 Å². The number of aryl methyl sites for hydroxylation is 2. The lowest BCUT2D eigenvalue weighted by Gasteiger charge is -2.24. The molecule has 1 aromatic rings. The van der Waals surface area contributed by atoms with Gasteiger partial charge in [0.25, 0.3) is 5.91 Å². The minimum Gasteiger partial charge on any atom is -0.449 e.